The molecule has 0 N–H and O–H groups in total. The fraction of sp³-hybridized carbons (Fsp3) is 0. The average molecular weight is 232 g/mol. The third-order valence-corrected chi connectivity index (χ3v) is 2.36. The van der Waals surface area contributed by atoms with E-state index in [-0.39, 0.29) is 0 Å². The molecule has 0 unspecified atom stereocenters. The molecule has 3 aromatic rings. The van der Waals surface area contributed by atoms with Gasteiger partial charge in [-0.1, -0.05) is 11.6 Å². The molecular weight excluding hydrogens is 226 g/mol. The number of rotatable bonds is 1. The standard InChI is InChI=1S/C11H6ClN3O/c12-9-2-1-8-11(15-9)16-10(14-8)7-3-5-13-6-4-7/h1-6H. The Morgan fingerprint density at radius 1 is 1.00 bits per heavy atom. The van der Waals surface area contributed by atoms with Crippen LogP contribution in [0.1, 0.15) is 0 Å². The summed E-state index contributed by atoms with van der Waals surface area (Å²) >= 11 is 5.77. The van der Waals surface area contributed by atoms with E-state index in [0.717, 1.165) is 5.56 Å². The van der Waals surface area contributed by atoms with E-state index in [0.29, 0.717) is 22.3 Å². The second-order valence-corrected chi connectivity index (χ2v) is 3.60. The molecule has 0 amide bonds. The molecule has 0 aliphatic rings. The molecule has 78 valence electrons. The van der Waals surface area contributed by atoms with E-state index in [1.807, 2.05) is 12.1 Å². The van der Waals surface area contributed by atoms with E-state index in [9.17, 15) is 0 Å². The number of fused-ring (bicyclic) bond motifs is 1. The van der Waals surface area contributed by atoms with Gasteiger partial charge in [-0.15, -0.1) is 0 Å². The molecule has 0 fully saturated rings. The number of pyridine rings is 2. The molecule has 0 saturated carbocycles. The number of hydrogen-bond acceptors (Lipinski definition) is 4. The normalized spacial score (nSPS) is 10.8. The summed E-state index contributed by atoms with van der Waals surface area (Å²) in [6, 6.07) is 7.11. The molecule has 0 spiro atoms. The van der Waals surface area contributed by atoms with Gasteiger partial charge in [0, 0.05) is 18.0 Å². The van der Waals surface area contributed by atoms with E-state index in [4.69, 9.17) is 16.0 Å². The van der Waals surface area contributed by atoms with E-state index >= 15 is 0 Å². The molecule has 16 heavy (non-hydrogen) atoms. The summed E-state index contributed by atoms with van der Waals surface area (Å²) < 4.78 is 5.50. The molecule has 0 atom stereocenters. The summed E-state index contributed by atoms with van der Waals surface area (Å²) in [4.78, 5) is 12.3. The Bertz CT molecular complexity index is 636. The van der Waals surface area contributed by atoms with Crippen LogP contribution in [0.25, 0.3) is 22.7 Å². The van der Waals surface area contributed by atoms with Crippen molar-refractivity contribution in [2.24, 2.45) is 0 Å². The molecule has 4 nitrogen and oxygen atoms in total. The van der Waals surface area contributed by atoms with Gasteiger partial charge >= 0.3 is 0 Å². The predicted octanol–water partition coefficient (Wildman–Crippen LogP) is 2.94. The fourth-order valence-electron chi connectivity index (χ4n) is 1.41. The van der Waals surface area contributed by atoms with E-state index in [1.165, 1.54) is 0 Å². The highest BCUT2D eigenvalue weighted by atomic mass is 35.5. The van der Waals surface area contributed by atoms with Crippen molar-refractivity contribution < 1.29 is 4.42 Å². The molecule has 0 bridgehead atoms. The van der Waals surface area contributed by atoms with Gasteiger partial charge in [-0.05, 0) is 24.3 Å². The monoisotopic (exact) mass is 231 g/mol. The molecule has 0 aliphatic carbocycles. The van der Waals surface area contributed by atoms with Crippen LogP contribution in [0.3, 0.4) is 0 Å². The Morgan fingerprint density at radius 2 is 1.81 bits per heavy atom. The number of oxazole rings is 1. The van der Waals surface area contributed by atoms with Crippen molar-refractivity contribution in [1.82, 2.24) is 15.0 Å². The predicted molar refractivity (Wildman–Crippen MR) is 60.0 cm³/mol. The first kappa shape index (κ1) is 9.30. The third kappa shape index (κ3) is 1.53. The zero-order valence-electron chi connectivity index (χ0n) is 8.09. The van der Waals surface area contributed by atoms with Crippen LogP contribution in [0.15, 0.2) is 41.1 Å². The number of hydrogen-bond donors (Lipinski definition) is 0. The number of aromatic nitrogens is 3. The van der Waals surface area contributed by atoms with Crippen LogP contribution in [-0.2, 0) is 0 Å². The van der Waals surface area contributed by atoms with Crippen LogP contribution in [0.5, 0.6) is 0 Å². The van der Waals surface area contributed by atoms with Crippen LogP contribution >= 0.6 is 11.6 Å². The molecule has 3 heterocycles. The lowest BCUT2D eigenvalue weighted by Gasteiger charge is -1.90. The molecule has 0 aliphatic heterocycles. The molecule has 3 aromatic heterocycles. The molecule has 0 saturated heterocycles. The second-order valence-electron chi connectivity index (χ2n) is 3.21. The van der Waals surface area contributed by atoms with Crippen molar-refractivity contribution in [3.63, 3.8) is 0 Å². The van der Waals surface area contributed by atoms with Gasteiger partial charge in [0.05, 0.1) is 0 Å². The van der Waals surface area contributed by atoms with E-state index < -0.39 is 0 Å². The Labute approximate surface area is 95.9 Å². The summed E-state index contributed by atoms with van der Waals surface area (Å²) in [5.74, 6) is 0.521. The Hall–Kier alpha value is -1.94. The highest BCUT2D eigenvalue weighted by Crippen LogP contribution is 2.23. The number of halogens is 1. The quantitative estimate of drug-likeness (QED) is 0.604. The van der Waals surface area contributed by atoms with Crippen LogP contribution in [0.4, 0.5) is 0 Å². The fourth-order valence-corrected chi connectivity index (χ4v) is 1.55. The first-order valence-electron chi connectivity index (χ1n) is 4.66. The number of nitrogens with zero attached hydrogens (tertiary/aromatic N) is 3. The lowest BCUT2D eigenvalue weighted by molar-refractivity contribution is 0.608. The molecule has 5 heteroatoms. The van der Waals surface area contributed by atoms with Crippen LogP contribution in [-0.4, -0.2) is 15.0 Å². The summed E-state index contributed by atoms with van der Waals surface area (Å²) in [6.45, 7) is 0. The van der Waals surface area contributed by atoms with Gasteiger partial charge in [-0.2, -0.15) is 4.98 Å². The molecule has 0 radical (unpaired) electrons. The lowest BCUT2D eigenvalue weighted by atomic mass is 10.3. The van der Waals surface area contributed by atoms with Crippen LogP contribution < -0.4 is 0 Å². The maximum absolute atomic E-state index is 5.77. The Morgan fingerprint density at radius 3 is 2.62 bits per heavy atom. The van der Waals surface area contributed by atoms with Crippen molar-refractivity contribution in [3.05, 3.63) is 41.8 Å². The SMILES string of the molecule is Clc1ccc2nc(-c3ccncc3)oc2n1. The highest BCUT2D eigenvalue weighted by Gasteiger charge is 2.08. The third-order valence-electron chi connectivity index (χ3n) is 2.15. The summed E-state index contributed by atoms with van der Waals surface area (Å²) in [7, 11) is 0. The largest absolute Gasteiger partial charge is 0.418 e. The Kier molecular flexibility index (Phi) is 2.08. The van der Waals surface area contributed by atoms with Crippen molar-refractivity contribution in [1.29, 1.82) is 0 Å². The maximum Gasteiger partial charge on any atom is 0.248 e. The van der Waals surface area contributed by atoms with Gasteiger partial charge in [0.1, 0.15) is 10.7 Å². The van der Waals surface area contributed by atoms with Gasteiger partial charge in [-0.25, -0.2) is 4.98 Å². The minimum atomic E-state index is 0.393. The van der Waals surface area contributed by atoms with Crippen molar-refractivity contribution >= 4 is 22.8 Å². The van der Waals surface area contributed by atoms with Gasteiger partial charge in [0.15, 0.2) is 0 Å². The van der Waals surface area contributed by atoms with Crippen molar-refractivity contribution in [2.45, 2.75) is 0 Å². The zero-order chi connectivity index (χ0) is 11.0. The lowest BCUT2D eigenvalue weighted by Crippen LogP contribution is -1.76. The van der Waals surface area contributed by atoms with Gasteiger partial charge in [0.2, 0.25) is 11.6 Å². The summed E-state index contributed by atoms with van der Waals surface area (Å²) in [5.41, 5.74) is 2.00. The van der Waals surface area contributed by atoms with Crippen molar-refractivity contribution in [2.75, 3.05) is 0 Å². The first-order chi connectivity index (χ1) is 7.83. The molecular formula is C11H6ClN3O. The topological polar surface area (TPSA) is 51.8 Å². The zero-order valence-corrected chi connectivity index (χ0v) is 8.85. The van der Waals surface area contributed by atoms with Gasteiger partial charge in [0.25, 0.3) is 0 Å². The first-order valence-corrected chi connectivity index (χ1v) is 5.04. The summed E-state index contributed by atoms with van der Waals surface area (Å²) in [5, 5.41) is 0.393. The van der Waals surface area contributed by atoms with Crippen molar-refractivity contribution in [3.8, 4) is 11.5 Å². The smallest absolute Gasteiger partial charge is 0.248 e. The van der Waals surface area contributed by atoms with E-state index in [1.54, 1.807) is 24.5 Å². The minimum absolute atomic E-state index is 0.393. The Balaban J connectivity index is 2.19. The molecule has 0 aromatic carbocycles. The highest BCUT2D eigenvalue weighted by molar-refractivity contribution is 6.29. The molecule has 3 rings (SSSR count). The maximum atomic E-state index is 5.77. The van der Waals surface area contributed by atoms with Gasteiger partial charge < -0.3 is 4.42 Å². The van der Waals surface area contributed by atoms with E-state index in [2.05, 4.69) is 15.0 Å². The van der Waals surface area contributed by atoms with Crippen LogP contribution in [0.2, 0.25) is 5.15 Å². The summed E-state index contributed by atoms with van der Waals surface area (Å²) in [6.07, 6.45) is 3.37. The minimum Gasteiger partial charge on any atom is -0.418 e. The average Bonchev–Trinajstić information content (AvgIpc) is 2.73. The van der Waals surface area contributed by atoms with Crippen LogP contribution in [0, 0.1) is 0 Å². The second kappa shape index (κ2) is 3.57. The van der Waals surface area contributed by atoms with Gasteiger partial charge in [-0.3, -0.25) is 4.98 Å².